The lowest BCUT2D eigenvalue weighted by molar-refractivity contribution is -0.139. The number of hydrogen-bond acceptors (Lipinski definition) is 7. The number of unbranched alkanes of at least 4 members (excludes halogenated alkanes) is 12. The van der Waals surface area contributed by atoms with Gasteiger partial charge in [0, 0.05) is 24.2 Å². The lowest BCUT2D eigenvalue weighted by Gasteiger charge is -2.34. The van der Waals surface area contributed by atoms with Crippen molar-refractivity contribution in [2.45, 2.75) is 283 Å². The molecule has 0 bridgehead atoms. The largest absolute Gasteiger partial charge is 0.455 e. The minimum absolute atomic E-state index is 0.0657. The third-order valence-electron chi connectivity index (χ3n) is 11.2. The van der Waals surface area contributed by atoms with Gasteiger partial charge in [-0.2, -0.15) is 0 Å². The lowest BCUT2D eigenvalue weighted by Crippen LogP contribution is -2.42. The van der Waals surface area contributed by atoms with Crippen LogP contribution in [0.3, 0.4) is 0 Å². The molecule has 1 fully saturated rings. The van der Waals surface area contributed by atoms with Crippen molar-refractivity contribution in [1.82, 2.24) is 0 Å². The van der Waals surface area contributed by atoms with Gasteiger partial charge in [-0.15, -0.1) is 0 Å². The molecule has 60 heavy (non-hydrogen) atoms. The predicted octanol–water partition coefficient (Wildman–Crippen LogP) is 15.1. The Morgan fingerprint density at radius 1 is 0.567 bits per heavy atom. The molecule has 0 saturated carbocycles. The second-order valence-corrected chi connectivity index (χ2v) is 40.1. The fourth-order valence-electron chi connectivity index (χ4n) is 8.79. The molecule has 0 amide bonds. The Morgan fingerprint density at radius 3 is 1.52 bits per heavy atom. The Labute approximate surface area is 376 Å². The van der Waals surface area contributed by atoms with Crippen molar-refractivity contribution in [1.29, 1.82) is 0 Å². The maximum absolute atomic E-state index is 12.4. The van der Waals surface area contributed by atoms with E-state index in [2.05, 4.69) is 97.6 Å². The van der Waals surface area contributed by atoms with Gasteiger partial charge in [0.1, 0.15) is 6.10 Å². The lowest BCUT2D eigenvalue weighted by atomic mass is 9.98. The summed E-state index contributed by atoms with van der Waals surface area (Å²) < 4.78 is 39.7. The predicted molar refractivity (Wildman–Crippen MR) is 266 cm³/mol. The molecule has 2 heterocycles. The number of cyclic esters (lactones) is 1. The van der Waals surface area contributed by atoms with Crippen LogP contribution < -0.4 is 0 Å². The van der Waals surface area contributed by atoms with E-state index < -0.39 is 33.3 Å². The number of rotatable bonds is 35. The topological polar surface area (TPSA) is 72.5 Å². The minimum atomic E-state index is -1.82. The van der Waals surface area contributed by atoms with Crippen LogP contribution in [0.25, 0.3) is 0 Å². The number of ether oxygens (including phenoxy) is 2. The summed E-state index contributed by atoms with van der Waals surface area (Å²) in [6.45, 7) is 31.7. The van der Waals surface area contributed by atoms with Gasteiger partial charge in [-0.1, -0.05) is 96.1 Å². The van der Waals surface area contributed by atoms with E-state index in [4.69, 9.17) is 27.2 Å². The SMILES string of the molecule is CCCCCCCCCCCC/C=C\CC[C@H](O[Si](C)(C)C)[C@@H]1CC[C@@H]([C@H](CCC(CCCCCC(CC2=CC(C)OC2=O)O[Si](C)(C)C)O[Si](C)(C)C)O[Si](C)(C)C)O1. The third-order valence-corrected chi connectivity index (χ3v) is 15.3. The van der Waals surface area contributed by atoms with Crippen molar-refractivity contribution in [2.75, 3.05) is 0 Å². The zero-order chi connectivity index (χ0) is 44.8. The zero-order valence-electron chi connectivity index (χ0n) is 41.9. The van der Waals surface area contributed by atoms with Gasteiger partial charge >= 0.3 is 5.97 Å². The van der Waals surface area contributed by atoms with Crippen LogP contribution in [0.2, 0.25) is 78.6 Å². The van der Waals surface area contributed by atoms with Crippen LogP contribution in [0.15, 0.2) is 23.8 Å². The van der Waals surface area contributed by atoms with E-state index >= 15 is 0 Å². The number of hydrogen-bond donors (Lipinski definition) is 0. The molecule has 0 aliphatic carbocycles. The van der Waals surface area contributed by atoms with Crippen LogP contribution in [0.5, 0.6) is 0 Å². The molecule has 11 heteroatoms. The van der Waals surface area contributed by atoms with Crippen molar-refractivity contribution in [3.63, 3.8) is 0 Å². The molecule has 0 spiro atoms. The second-order valence-electron chi connectivity index (χ2n) is 22.3. The maximum Gasteiger partial charge on any atom is 0.334 e. The highest BCUT2D eigenvalue weighted by atomic mass is 28.4. The summed E-state index contributed by atoms with van der Waals surface area (Å²) in [6, 6.07) is 0. The summed E-state index contributed by atoms with van der Waals surface area (Å²) in [7, 11) is -7.08. The molecule has 0 aromatic heterocycles. The van der Waals surface area contributed by atoms with Crippen LogP contribution in [-0.2, 0) is 32.0 Å². The molecular weight excluding hydrogens is 813 g/mol. The monoisotopic (exact) mass is 911 g/mol. The maximum atomic E-state index is 12.4. The fourth-order valence-corrected chi connectivity index (χ4v) is 13.6. The van der Waals surface area contributed by atoms with Crippen molar-refractivity contribution < 1.29 is 32.0 Å². The molecule has 0 radical (unpaired) electrons. The van der Waals surface area contributed by atoms with Gasteiger partial charge in [0.05, 0.1) is 24.4 Å². The summed E-state index contributed by atoms with van der Waals surface area (Å²) >= 11 is 0. The molecule has 0 N–H and O–H groups in total. The molecule has 0 aromatic carbocycles. The van der Waals surface area contributed by atoms with Crippen molar-refractivity contribution >= 4 is 39.2 Å². The Morgan fingerprint density at radius 2 is 1.02 bits per heavy atom. The highest BCUT2D eigenvalue weighted by Crippen LogP contribution is 2.34. The Kier molecular flexibility index (Phi) is 26.5. The standard InChI is InChI=1S/C49H98O7Si4/c1-15-16-17-18-19-20-21-22-23-24-25-26-27-31-34-47(55-59(9,10)11)45-37-38-46(52-45)48(56-60(12,13)14)36-35-43(53-57(3,4)5)32-29-28-30-33-44(54-58(6,7)8)40-42-39-41(2)51-49(42)50/h26-27,39,41,43-48H,15-25,28-38,40H2,1-14H3/b27-26-/t41?,43?,44?,45-,46-,47-,48-/m0/s1. The molecule has 7 atom stereocenters. The van der Waals surface area contributed by atoms with E-state index in [-0.39, 0.29) is 48.7 Å². The minimum Gasteiger partial charge on any atom is -0.455 e. The molecule has 2 rings (SSSR count). The Hall–Kier alpha value is -0.382. The highest BCUT2D eigenvalue weighted by Gasteiger charge is 2.40. The van der Waals surface area contributed by atoms with Gasteiger partial charge < -0.3 is 27.2 Å². The first-order chi connectivity index (χ1) is 28.0. The zero-order valence-corrected chi connectivity index (χ0v) is 45.9. The van der Waals surface area contributed by atoms with Crippen LogP contribution in [0.4, 0.5) is 0 Å². The summed E-state index contributed by atoms with van der Waals surface area (Å²) in [5, 5.41) is 0. The van der Waals surface area contributed by atoms with Crippen molar-refractivity contribution in [3.05, 3.63) is 23.8 Å². The van der Waals surface area contributed by atoms with Gasteiger partial charge in [-0.05, 0) is 156 Å². The first kappa shape index (κ1) is 55.7. The Bertz CT molecular complexity index is 1220. The quantitative estimate of drug-likeness (QED) is 0.0271. The van der Waals surface area contributed by atoms with Gasteiger partial charge in [-0.3, -0.25) is 0 Å². The molecular formula is C49H98O7Si4. The van der Waals surface area contributed by atoms with Crippen molar-refractivity contribution in [2.24, 2.45) is 0 Å². The average Bonchev–Trinajstić information content (AvgIpc) is 3.72. The average molecular weight is 912 g/mol. The highest BCUT2D eigenvalue weighted by molar-refractivity contribution is 6.70. The number of allylic oxidation sites excluding steroid dienone is 2. The summed E-state index contributed by atoms with van der Waals surface area (Å²) in [5.41, 5.74) is 0.781. The smallest absolute Gasteiger partial charge is 0.334 e. The summed E-state index contributed by atoms with van der Waals surface area (Å²) in [6.07, 6.45) is 34.6. The summed E-state index contributed by atoms with van der Waals surface area (Å²) in [5.74, 6) is -0.176. The number of carbonyl (C=O) groups excluding carboxylic acids is 1. The third kappa shape index (κ3) is 27.7. The van der Waals surface area contributed by atoms with Gasteiger partial charge in [-0.25, -0.2) is 4.79 Å². The van der Waals surface area contributed by atoms with Crippen LogP contribution in [-0.4, -0.2) is 82.0 Å². The van der Waals surface area contributed by atoms with E-state index in [0.717, 1.165) is 76.2 Å². The van der Waals surface area contributed by atoms with Gasteiger partial charge in [0.15, 0.2) is 33.3 Å². The molecule has 0 aromatic rings. The van der Waals surface area contributed by atoms with Crippen LogP contribution in [0.1, 0.15) is 162 Å². The second kappa shape index (κ2) is 28.5. The molecule has 2 aliphatic heterocycles. The number of carbonyl (C=O) groups is 1. The first-order valence-electron chi connectivity index (χ1n) is 25.0. The van der Waals surface area contributed by atoms with Gasteiger partial charge in [0.2, 0.25) is 0 Å². The fraction of sp³-hybridized carbons (Fsp3) is 0.898. The van der Waals surface area contributed by atoms with Crippen molar-refractivity contribution in [3.8, 4) is 0 Å². The van der Waals surface area contributed by atoms with E-state index in [9.17, 15) is 4.79 Å². The van der Waals surface area contributed by atoms with Crippen LogP contribution in [0, 0.1) is 0 Å². The van der Waals surface area contributed by atoms with E-state index in [1.54, 1.807) is 0 Å². The van der Waals surface area contributed by atoms with E-state index in [0.29, 0.717) is 6.42 Å². The van der Waals surface area contributed by atoms with E-state index in [1.807, 2.05) is 13.0 Å². The normalized spacial score (nSPS) is 21.4. The molecule has 2 aliphatic rings. The molecule has 1 saturated heterocycles. The van der Waals surface area contributed by atoms with E-state index in [1.165, 1.54) is 70.6 Å². The van der Waals surface area contributed by atoms with Gasteiger partial charge in [0.25, 0.3) is 0 Å². The molecule has 3 unspecified atom stereocenters. The van der Waals surface area contributed by atoms with Crippen LogP contribution >= 0.6 is 0 Å². The number of esters is 1. The Balaban J connectivity index is 1.93. The molecule has 352 valence electrons. The summed E-state index contributed by atoms with van der Waals surface area (Å²) in [4.78, 5) is 12.4. The first-order valence-corrected chi connectivity index (χ1v) is 38.6. The molecule has 7 nitrogen and oxygen atoms in total.